The highest BCUT2D eigenvalue weighted by molar-refractivity contribution is 7.96. The van der Waals surface area contributed by atoms with Gasteiger partial charge in [-0.1, -0.05) is 6.42 Å². The molecule has 0 aromatic carbocycles. The van der Waals surface area contributed by atoms with Gasteiger partial charge in [-0.3, -0.25) is 4.79 Å². The van der Waals surface area contributed by atoms with E-state index in [1.54, 1.807) is 0 Å². The van der Waals surface area contributed by atoms with Crippen LogP contribution in [0.5, 0.6) is 0 Å². The summed E-state index contributed by atoms with van der Waals surface area (Å²) in [6, 6.07) is 0. The Labute approximate surface area is 66.4 Å². The summed E-state index contributed by atoms with van der Waals surface area (Å²) in [6.45, 7) is 0. The Bertz CT molecular complexity index is 112. The number of unbranched alkanes of at least 4 members (excludes halogenated alkanes) is 3. The fraction of sp³-hybridized carbons (Fsp3) is 0.714. The molecule has 0 spiro atoms. The van der Waals surface area contributed by atoms with Crippen LogP contribution in [0.15, 0.2) is 0 Å². The van der Waals surface area contributed by atoms with E-state index in [1.165, 1.54) is 0 Å². The van der Waals surface area contributed by atoms with Gasteiger partial charge in [0.05, 0.1) is 0 Å². The van der Waals surface area contributed by atoms with E-state index in [4.69, 9.17) is 0 Å². The van der Waals surface area contributed by atoms with E-state index in [0.717, 1.165) is 25.5 Å². The van der Waals surface area contributed by atoms with Crippen molar-refractivity contribution in [2.75, 3.05) is 0 Å². The van der Waals surface area contributed by atoms with Gasteiger partial charge in [0, 0.05) is 12.8 Å². The summed E-state index contributed by atoms with van der Waals surface area (Å²) in [5.41, 5.74) is 0. The first-order valence-electron chi connectivity index (χ1n) is 3.43. The SMILES string of the molecule is O=CCCCCCC(=O)S. The largest absolute Gasteiger partial charge is 0.303 e. The van der Waals surface area contributed by atoms with Crippen LogP contribution in [-0.2, 0) is 9.59 Å². The van der Waals surface area contributed by atoms with Gasteiger partial charge in [0.1, 0.15) is 6.29 Å². The van der Waals surface area contributed by atoms with E-state index in [9.17, 15) is 9.59 Å². The van der Waals surface area contributed by atoms with Gasteiger partial charge < -0.3 is 4.79 Å². The maximum Gasteiger partial charge on any atom is 0.185 e. The fourth-order valence-electron chi connectivity index (χ4n) is 0.681. The Kier molecular flexibility index (Phi) is 6.59. The summed E-state index contributed by atoms with van der Waals surface area (Å²) in [4.78, 5) is 20.1. The van der Waals surface area contributed by atoms with Crippen LogP contribution < -0.4 is 0 Å². The summed E-state index contributed by atoms with van der Waals surface area (Å²) < 4.78 is 0. The standard InChI is InChI=1S/C7H12O2S/c8-6-4-2-1-3-5-7(9)10/h6H,1-5H2,(H,9,10). The quantitative estimate of drug-likeness (QED) is 0.364. The summed E-state index contributed by atoms with van der Waals surface area (Å²) in [7, 11) is 0. The molecule has 0 atom stereocenters. The molecule has 0 saturated heterocycles. The third-order valence-electron chi connectivity index (χ3n) is 1.21. The smallest absolute Gasteiger partial charge is 0.185 e. The summed E-state index contributed by atoms with van der Waals surface area (Å²) in [5.74, 6) is 0. The number of hydrogen-bond acceptors (Lipinski definition) is 2. The normalized spacial score (nSPS) is 9.30. The lowest BCUT2D eigenvalue weighted by Gasteiger charge is -1.92. The molecule has 0 aliphatic rings. The minimum atomic E-state index is -0.0638. The topological polar surface area (TPSA) is 34.1 Å². The minimum absolute atomic E-state index is 0.0638. The molecule has 0 aliphatic heterocycles. The Balaban J connectivity index is 2.90. The van der Waals surface area contributed by atoms with E-state index >= 15 is 0 Å². The summed E-state index contributed by atoms with van der Waals surface area (Å²) >= 11 is 3.61. The molecular formula is C7H12O2S. The molecular weight excluding hydrogens is 148 g/mol. The number of thiol groups is 1. The summed E-state index contributed by atoms with van der Waals surface area (Å²) in [5, 5.41) is -0.0638. The van der Waals surface area contributed by atoms with Crippen molar-refractivity contribution < 1.29 is 9.59 Å². The Morgan fingerprint density at radius 3 is 2.50 bits per heavy atom. The highest BCUT2D eigenvalue weighted by atomic mass is 32.1. The van der Waals surface area contributed by atoms with Crippen LogP contribution in [0.3, 0.4) is 0 Å². The minimum Gasteiger partial charge on any atom is -0.303 e. The molecule has 0 fully saturated rings. The van der Waals surface area contributed by atoms with Gasteiger partial charge >= 0.3 is 0 Å². The highest BCUT2D eigenvalue weighted by Gasteiger charge is 1.93. The monoisotopic (exact) mass is 160 g/mol. The number of rotatable bonds is 6. The molecule has 2 nitrogen and oxygen atoms in total. The van der Waals surface area contributed by atoms with E-state index in [0.29, 0.717) is 12.8 Å². The molecule has 0 aromatic rings. The number of carbonyl (C=O) groups excluding carboxylic acids is 2. The van der Waals surface area contributed by atoms with Crippen LogP contribution >= 0.6 is 12.6 Å². The lowest BCUT2D eigenvalue weighted by atomic mass is 10.2. The van der Waals surface area contributed by atoms with Gasteiger partial charge in [-0.2, -0.15) is 0 Å². The van der Waals surface area contributed by atoms with Gasteiger partial charge in [0.15, 0.2) is 5.12 Å². The number of carbonyl (C=O) groups is 2. The zero-order valence-corrected chi connectivity index (χ0v) is 6.77. The first kappa shape index (κ1) is 9.69. The Hall–Kier alpha value is -0.310. The van der Waals surface area contributed by atoms with Crippen LogP contribution in [0.25, 0.3) is 0 Å². The second kappa shape index (κ2) is 6.81. The third-order valence-corrected chi connectivity index (χ3v) is 1.44. The van der Waals surface area contributed by atoms with E-state index in [-0.39, 0.29) is 5.12 Å². The van der Waals surface area contributed by atoms with E-state index in [2.05, 4.69) is 12.6 Å². The molecule has 0 aliphatic carbocycles. The number of hydrogen-bond donors (Lipinski definition) is 1. The molecule has 0 aromatic heterocycles. The molecule has 10 heavy (non-hydrogen) atoms. The second-order valence-electron chi connectivity index (χ2n) is 2.16. The summed E-state index contributed by atoms with van der Waals surface area (Å²) in [6.07, 6.45) is 4.75. The molecule has 0 saturated carbocycles. The van der Waals surface area contributed by atoms with Crippen molar-refractivity contribution in [3.8, 4) is 0 Å². The van der Waals surface area contributed by atoms with Gasteiger partial charge in [0.25, 0.3) is 0 Å². The van der Waals surface area contributed by atoms with Gasteiger partial charge in [-0.25, -0.2) is 0 Å². The highest BCUT2D eigenvalue weighted by Crippen LogP contribution is 2.02. The van der Waals surface area contributed by atoms with Crippen molar-refractivity contribution in [3.05, 3.63) is 0 Å². The average Bonchev–Trinajstić information content (AvgIpc) is 1.87. The average molecular weight is 160 g/mol. The number of aldehydes is 1. The predicted molar refractivity (Wildman–Crippen MR) is 43.1 cm³/mol. The molecule has 0 heterocycles. The second-order valence-corrected chi connectivity index (χ2v) is 2.66. The zero-order valence-electron chi connectivity index (χ0n) is 5.88. The lowest BCUT2D eigenvalue weighted by molar-refractivity contribution is -0.110. The molecule has 0 amide bonds. The first-order valence-corrected chi connectivity index (χ1v) is 3.87. The molecule has 0 radical (unpaired) electrons. The van der Waals surface area contributed by atoms with Crippen molar-refractivity contribution in [2.24, 2.45) is 0 Å². The fourth-order valence-corrected chi connectivity index (χ4v) is 0.839. The van der Waals surface area contributed by atoms with Crippen LogP contribution in [0.1, 0.15) is 32.1 Å². The van der Waals surface area contributed by atoms with Crippen molar-refractivity contribution in [2.45, 2.75) is 32.1 Å². The van der Waals surface area contributed by atoms with Gasteiger partial charge in [-0.05, 0) is 12.8 Å². The Morgan fingerprint density at radius 2 is 2.00 bits per heavy atom. The van der Waals surface area contributed by atoms with Crippen molar-refractivity contribution in [3.63, 3.8) is 0 Å². The van der Waals surface area contributed by atoms with E-state index < -0.39 is 0 Å². The van der Waals surface area contributed by atoms with Gasteiger partial charge in [-0.15, -0.1) is 12.6 Å². The molecule has 3 heteroatoms. The molecule has 0 unspecified atom stereocenters. The molecule has 58 valence electrons. The zero-order chi connectivity index (χ0) is 7.82. The van der Waals surface area contributed by atoms with Gasteiger partial charge in [0.2, 0.25) is 0 Å². The van der Waals surface area contributed by atoms with Crippen molar-refractivity contribution >= 4 is 24.0 Å². The molecule has 0 N–H and O–H groups in total. The Morgan fingerprint density at radius 1 is 1.30 bits per heavy atom. The van der Waals surface area contributed by atoms with Crippen molar-refractivity contribution in [1.29, 1.82) is 0 Å². The van der Waals surface area contributed by atoms with E-state index in [1.807, 2.05) is 0 Å². The van der Waals surface area contributed by atoms with Crippen molar-refractivity contribution in [1.82, 2.24) is 0 Å². The van der Waals surface area contributed by atoms with Crippen LogP contribution in [0.4, 0.5) is 0 Å². The van der Waals surface area contributed by atoms with Crippen LogP contribution in [-0.4, -0.2) is 11.4 Å². The maximum atomic E-state index is 10.3. The maximum absolute atomic E-state index is 10.3. The molecule has 0 bridgehead atoms. The molecule has 0 rings (SSSR count). The lowest BCUT2D eigenvalue weighted by Crippen LogP contribution is -1.86. The predicted octanol–water partition coefficient (Wildman–Crippen LogP) is 1.59. The first-order chi connectivity index (χ1) is 4.77. The van der Waals surface area contributed by atoms with Crippen LogP contribution in [0, 0.1) is 0 Å². The third kappa shape index (κ3) is 7.69. The van der Waals surface area contributed by atoms with Crippen LogP contribution in [0.2, 0.25) is 0 Å².